The van der Waals surface area contributed by atoms with Crippen molar-refractivity contribution in [2.24, 2.45) is 28.4 Å². The van der Waals surface area contributed by atoms with E-state index in [1.54, 1.807) is 26.1 Å². The van der Waals surface area contributed by atoms with Gasteiger partial charge in [-0.1, -0.05) is 34.6 Å². The van der Waals surface area contributed by atoms with Gasteiger partial charge in [0.2, 0.25) is 11.8 Å². The number of fused-ring (bicyclic) bond motifs is 1. The molecule has 1 aliphatic heterocycles. The minimum absolute atomic E-state index is 0.0349. The second-order valence-electron chi connectivity index (χ2n) is 8.94. The summed E-state index contributed by atoms with van der Waals surface area (Å²) < 4.78 is 68.8. The Bertz CT molecular complexity index is 854. The number of urea groups is 1. The monoisotopic (exact) mass is 375 g/mol. The summed E-state index contributed by atoms with van der Waals surface area (Å²) in [6.45, 7) is -2.01. The number of piperidine rings is 1. The van der Waals surface area contributed by atoms with Crippen LogP contribution in [0.3, 0.4) is 0 Å². The van der Waals surface area contributed by atoms with Crippen molar-refractivity contribution in [1.29, 1.82) is 0 Å². The average molecular weight is 376 g/mol. The number of hydrogen-bond donors (Lipinski definition) is 3. The minimum atomic E-state index is -3.65. The van der Waals surface area contributed by atoms with Gasteiger partial charge in [-0.15, -0.1) is 0 Å². The van der Waals surface area contributed by atoms with Gasteiger partial charge in [-0.25, -0.2) is 4.79 Å². The molecule has 2 aliphatic rings. The molecule has 4 N–H and O–H groups in total. The minimum Gasteiger partial charge on any atom is -0.368 e. The number of carbonyl (C=O) groups excluding carboxylic acids is 3. The van der Waals surface area contributed by atoms with Gasteiger partial charge in [0.1, 0.15) is 12.1 Å². The lowest BCUT2D eigenvalue weighted by molar-refractivity contribution is -0.142. The van der Waals surface area contributed by atoms with Crippen LogP contribution in [0.5, 0.6) is 0 Å². The van der Waals surface area contributed by atoms with Crippen LogP contribution < -0.4 is 16.4 Å². The normalized spacial score (nSPS) is 34.7. The average Bonchev–Trinajstić information content (AvgIpc) is 2.97. The number of primary amides is 1. The van der Waals surface area contributed by atoms with Gasteiger partial charge in [-0.05, 0) is 43.2 Å². The van der Waals surface area contributed by atoms with Crippen molar-refractivity contribution in [1.82, 2.24) is 15.5 Å². The molecule has 26 heavy (non-hydrogen) atoms. The summed E-state index contributed by atoms with van der Waals surface area (Å²) in [5, 5.41) is 3.93. The molecule has 0 aromatic carbocycles. The third-order valence-electron chi connectivity index (χ3n) is 5.47. The Morgan fingerprint density at radius 1 is 1.23 bits per heavy atom. The first kappa shape index (κ1) is 11.1. The predicted molar refractivity (Wildman–Crippen MR) is 100 cm³/mol. The zero-order valence-corrected chi connectivity index (χ0v) is 15.8. The predicted octanol–water partition coefficient (Wildman–Crippen LogP) is 1.47. The Labute approximate surface area is 169 Å². The number of amides is 4. The molecule has 0 unspecified atom stereocenters. The maximum Gasteiger partial charge on any atom is 0.315 e. The SMILES string of the molecule is [2H]C([2H])([2H])C(NC(=O)N[C@H](C(=O)N1C[C@H]2[C@@H]([C@H]1C(N)=O)C2(C)C)C(C)(C)C)(C([2H])([2H])[2H])C([2H])([2H])[2H]. The quantitative estimate of drug-likeness (QED) is 0.695. The molecule has 0 aromatic heterocycles. The van der Waals surface area contributed by atoms with E-state index in [1.807, 2.05) is 13.8 Å². The lowest BCUT2D eigenvalue weighted by atomic mass is 9.85. The molecule has 1 saturated heterocycles. The van der Waals surface area contributed by atoms with Crippen molar-refractivity contribution in [3.63, 3.8) is 0 Å². The zero-order chi connectivity index (χ0) is 27.7. The Morgan fingerprint density at radius 2 is 1.81 bits per heavy atom. The summed E-state index contributed by atoms with van der Waals surface area (Å²) >= 11 is 0. The van der Waals surface area contributed by atoms with E-state index in [-0.39, 0.29) is 23.8 Å². The summed E-state index contributed by atoms with van der Waals surface area (Å²) in [6.07, 6.45) is 0. The van der Waals surface area contributed by atoms with Gasteiger partial charge in [0.15, 0.2) is 0 Å². The van der Waals surface area contributed by atoms with E-state index in [0.717, 1.165) is 0 Å². The van der Waals surface area contributed by atoms with Crippen LogP contribution in [0, 0.1) is 22.7 Å². The molecule has 0 spiro atoms. The number of carbonyl (C=O) groups is 3. The zero-order valence-electron chi connectivity index (χ0n) is 24.8. The van der Waals surface area contributed by atoms with Gasteiger partial charge < -0.3 is 21.3 Å². The number of nitrogens with one attached hydrogen (secondary N) is 2. The third kappa shape index (κ3) is 3.81. The van der Waals surface area contributed by atoms with Crippen LogP contribution >= 0.6 is 0 Å². The van der Waals surface area contributed by atoms with E-state index in [2.05, 4.69) is 5.32 Å². The molecule has 1 heterocycles. The fraction of sp³-hybridized carbons (Fsp3) is 0.842. The van der Waals surface area contributed by atoms with E-state index >= 15 is 0 Å². The molecule has 1 aliphatic carbocycles. The Hall–Kier alpha value is -1.79. The summed E-state index contributed by atoms with van der Waals surface area (Å²) in [4.78, 5) is 39.9. The first-order chi connectivity index (χ1) is 15.3. The van der Waals surface area contributed by atoms with Crippen molar-refractivity contribution in [3.8, 4) is 0 Å². The van der Waals surface area contributed by atoms with Gasteiger partial charge in [-0.2, -0.15) is 0 Å². The molecule has 7 nitrogen and oxygen atoms in total. The van der Waals surface area contributed by atoms with Gasteiger partial charge in [0, 0.05) is 24.4 Å². The van der Waals surface area contributed by atoms with Crippen molar-refractivity contribution < 1.29 is 26.7 Å². The molecule has 0 radical (unpaired) electrons. The Morgan fingerprint density at radius 3 is 2.27 bits per heavy atom. The number of likely N-dealkylation sites (tertiary alicyclic amines) is 1. The molecule has 1 saturated carbocycles. The van der Waals surface area contributed by atoms with Crippen LogP contribution in [0.4, 0.5) is 4.79 Å². The second kappa shape index (κ2) is 6.13. The van der Waals surface area contributed by atoms with Crippen molar-refractivity contribution in [3.05, 3.63) is 0 Å². The topological polar surface area (TPSA) is 105 Å². The summed E-state index contributed by atoms with van der Waals surface area (Å²) in [6, 6.07) is -3.71. The molecule has 4 atom stereocenters. The lowest BCUT2D eigenvalue weighted by Gasteiger charge is -2.37. The number of rotatable bonds is 3. The maximum absolute atomic E-state index is 13.5. The van der Waals surface area contributed by atoms with Crippen LogP contribution in [0.2, 0.25) is 0 Å². The smallest absolute Gasteiger partial charge is 0.315 e. The first-order valence-corrected chi connectivity index (χ1v) is 8.51. The Kier molecular flexibility index (Phi) is 2.63. The molecule has 148 valence electrons. The molecule has 2 rings (SSSR count). The van der Waals surface area contributed by atoms with Gasteiger partial charge in [-0.3, -0.25) is 9.59 Å². The van der Waals surface area contributed by atoms with Crippen LogP contribution in [0.25, 0.3) is 0 Å². The summed E-state index contributed by atoms with van der Waals surface area (Å²) in [7, 11) is 0. The fourth-order valence-electron chi connectivity index (χ4n) is 3.99. The highest BCUT2D eigenvalue weighted by atomic mass is 16.2. The van der Waals surface area contributed by atoms with Crippen molar-refractivity contribution in [2.45, 2.75) is 72.8 Å². The molecular weight excluding hydrogens is 332 g/mol. The largest absolute Gasteiger partial charge is 0.368 e. The molecular formula is C19H34N4O3. The van der Waals surface area contributed by atoms with Crippen LogP contribution in [-0.2, 0) is 9.59 Å². The molecule has 4 amide bonds. The summed E-state index contributed by atoms with van der Waals surface area (Å²) in [5.74, 6) is -1.47. The van der Waals surface area contributed by atoms with Crippen LogP contribution in [-0.4, -0.2) is 46.9 Å². The molecule has 0 aromatic rings. The molecule has 0 bridgehead atoms. The van der Waals surface area contributed by atoms with Gasteiger partial charge >= 0.3 is 6.03 Å². The highest BCUT2D eigenvalue weighted by molar-refractivity contribution is 5.93. The van der Waals surface area contributed by atoms with Crippen LogP contribution in [0.15, 0.2) is 0 Å². The van der Waals surface area contributed by atoms with Gasteiger partial charge in [0.25, 0.3) is 0 Å². The first-order valence-electron chi connectivity index (χ1n) is 13.0. The highest BCUT2D eigenvalue weighted by Gasteiger charge is 2.69. The van der Waals surface area contributed by atoms with E-state index < -0.39 is 61.4 Å². The third-order valence-corrected chi connectivity index (χ3v) is 5.47. The molecule has 2 fully saturated rings. The van der Waals surface area contributed by atoms with Gasteiger partial charge in [0.05, 0.1) is 0 Å². The number of nitrogens with two attached hydrogens (primary N) is 1. The lowest BCUT2D eigenvalue weighted by Crippen LogP contribution is -2.61. The van der Waals surface area contributed by atoms with E-state index in [1.165, 1.54) is 4.90 Å². The number of nitrogens with zero attached hydrogens (tertiary/aromatic N) is 1. The fourth-order valence-corrected chi connectivity index (χ4v) is 3.99. The second-order valence-corrected chi connectivity index (χ2v) is 8.94. The number of hydrogen-bond acceptors (Lipinski definition) is 3. The maximum atomic E-state index is 13.5. The van der Waals surface area contributed by atoms with Crippen molar-refractivity contribution in [2.75, 3.05) is 6.54 Å². The Balaban J connectivity index is 2.39. The van der Waals surface area contributed by atoms with E-state index in [9.17, 15) is 14.4 Å². The van der Waals surface area contributed by atoms with Crippen molar-refractivity contribution >= 4 is 17.8 Å². The standard InChI is InChI=1S/C19H34N4O3/c1-17(2,3)13(21-16(26)22-18(4,5)6)15(25)23-9-10-11(19(10,7)8)12(23)14(20)24/h10-13H,9H2,1-8H3,(H2,20,24)(H2,21,22,26)/t10-,11-,12-,13+/m0/s1/i4D3,5D3,6D3. The molecule has 7 heteroatoms. The highest BCUT2D eigenvalue weighted by Crippen LogP contribution is 2.64. The van der Waals surface area contributed by atoms with E-state index in [0.29, 0.717) is 0 Å². The summed E-state index contributed by atoms with van der Waals surface area (Å²) in [5.41, 5.74) is 0.814. The van der Waals surface area contributed by atoms with Crippen LogP contribution in [0.1, 0.15) is 67.5 Å². The van der Waals surface area contributed by atoms with E-state index in [4.69, 9.17) is 18.1 Å².